The summed E-state index contributed by atoms with van der Waals surface area (Å²) in [7, 11) is 0. The van der Waals surface area contributed by atoms with Crippen LogP contribution in [0.2, 0.25) is 5.02 Å². The summed E-state index contributed by atoms with van der Waals surface area (Å²) in [5.74, 6) is 0.351. The van der Waals surface area contributed by atoms with Crippen LogP contribution in [0.15, 0.2) is 91.3 Å². The zero-order chi connectivity index (χ0) is 24.2. The largest absolute Gasteiger partial charge is 0.348 e. The van der Waals surface area contributed by atoms with Gasteiger partial charge in [-0.3, -0.25) is 9.78 Å². The lowest BCUT2D eigenvalue weighted by molar-refractivity contribution is 0.0951. The fourth-order valence-electron chi connectivity index (χ4n) is 3.66. The van der Waals surface area contributed by atoms with E-state index in [1.807, 2.05) is 24.3 Å². The number of halogens is 2. The molecule has 3 aromatic carbocycles. The summed E-state index contributed by atoms with van der Waals surface area (Å²) >= 11 is 6.22. The number of benzene rings is 3. The van der Waals surface area contributed by atoms with E-state index in [1.54, 1.807) is 54.9 Å². The summed E-state index contributed by atoms with van der Waals surface area (Å²) in [6.07, 6.45) is 3.36. The van der Waals surface area contributed by atoms with Crippen LogP contribution in [0, 0.1) is 5.82 Å². The van der Waals surface area contributed by atoms with Gasteiger partial charge in [0.05, 0.1) is 16.8 Å². The van der Waals surface area contributed by atoms with Crippen molar-refractivity contribution >= 4 is 39.9 Å². The number of anilines is 2. The zero-order valence-electron chi connectivity index (χ0n) is 18.4. The molecule has 172 valence electrons. The molecule has 0 atom stereocenters. The average molecular weight is 484 g/mol. The fraction of sp³-hybridized carbons (Fsp3) is 0.0370. The van der Waals surface area contributed by atoms with Crippen LogP contribution in [-0.2, 0) is 6.54 Å². The normalized spacial score (nSPS) is 10.8. The molecule has 35 heavy (non-hydrogen) atoms. The van der Waals surface area contributed by atoms with E-state index in [0.29, 0.717) is 39.0 Å². The molecule has 0 bridgehead atoms. The molecule has 0 aliphatic rings. The summed E-state index contributed by atoms with van der Waals surface area (Å²) in [5, 5.41) is 7.44. The van der Waals surface area contributed by atoms with Gasteiger partial charge < -0.3 is 10.6 Å². The minimum Gasteiger partial charge on any atom is -0.348 e. The number of aromatic nitrogens is 3. The first-order chi connectivity index (χ1) is 17.1. The van der Waals surface area contributed by atoms with Crippen LogP contribution < -0.4 is 10.6 Å². The van der Waals surface area contributed by atoms with Gasteiger partial charge in [0, 0.05) is 34.9 Å². The van der Waals surface area contributed by atoms with E-state index in [0.717, 1.165) is 10.9 Å². The number of rotatable bonds is 6. The molecule has 0 fully saturated rings. The number of para-hydroxylation sites is 1. The molecule has 0 saturated carbocycles. The van der Waals surface area contributed by atoms with Crippen LogP contribution in [0.3, 0.4) is 0 Å². The summed E-state index contributed by atoms with van der Waals surface area (Å²) in [5.41, 5.74) is 3.06. The number of nitrogens with zero attached hydrogens (tertiary/aromatic N) is 3. The molecule has 0 aliphatic carbocycles. The Morgan fingerprint density at radius 2 is 1.83 bits per heavy atom. The Hall–Kier alpha value is -4.36. The van der Waals surface area contributed by atoms with E-state index in [4.69, 9.17) is 16.6 Å². The van der Waals surface area contributed by atoms with E-state index >= 15 is 0 Å². The molecule has 5 aromatic rings. The van der Waals surface area contributed by atoms with E-state index < -0.39 is 0 Å². The summed E-state index contributed by atoms with van der Waals surface area (Å²) < 4.78 is 13.5. The second-order valence-corrected chi connectivity index (χ2v) is 8.22. The number of hydrogen-bond acceptors (Lipinski definition) is 5. The minimum atomic E-state index is -0.348. The SMILES string of the molecule is O=C(NCc1cccc(F)c1)c1ccccc1Nc1nc(-c2cccnc2)nc2cc(Cl)ccc12. The number of nitrogens with one attached hydrogen (secondary N) is 2. The van der Waals surface area contributed by atoms with Gasteiger partial charge >= 0.3 is 0 Å². The Bertz CT molecular complexity index is 1530. The predicted molar refractivity (Wildman–Crippen MR) is 135 cm³/mol. The molecule has 5 rings (SSSR count). The Balaban J connectivity index is 1.49. The van der Waals surface area contributed by atoms with E-state index in [-0.39, 0.29) is 18.3 Å². The number of hydrogen-bond donors (Lipinski definition) is 2. The Kier molecular flexibility index (Phi) is 6.32. The quantitative estimate of drug-likeness (QED) is 0.302. The predicted octanol–water partition coefficient (Wildman–Crippen LogP) is 6.16. The molecule has 0 spiro atoms. The van der Waals surface area contributed by atoms with Gasteiger partial charge in [0.25, 0.3) is 5.91 Å². The van der Waals surface area contributed by atoms with Crippen molar-refractivity contribution in [2.24, 2.45) is 0 Å². The lowest BCUT2D eigenvalue weighted by Crippen LogP contribution is -2.23. The minimum absolute atomic E-state index is 0.199. The highest BCUT2D eigenvalue weighted by molar-refractivity contribution is 6.31. The van der Waals surface area contributed by atoms with Crippen molar-refractivity contribution in [2.75, 3.05) is 5.32 Å². The Labute approximate surface area is 205 Å². The molecule has 0 unspecified atom stereocenters. The number of fused-ring (bicyclic) bond motifs is 1. The summed E-state index contributed by atoms with van der Waals surface area (Å²) in [6.45, 7) is 0.199. The van der Waals surface area contributed by atoms with E-state index in [2.05, 4.69) is 20.6 Å². The van der Waals surface area contributed by atoms with Gasteiger partial charge in [0.2, 0.25) is 0 Å². The maximum absolute atomic E-state index is 13.5. The topological polar surface area (TPSA) is 79.8 Å². The highest BCUT2D eigenvalue weighted by Crippen LogP contribution is 2.30. The second kappa shape index (κ2) is 9.87. The molecule has 0 saturated heterocycles. The molecule has 2 N–H and O–H groups in total. The monoisotopic (exact) mass is 483 g/mol. The summed E-state index contributed by atoms with van der Waals surface area (Å²) in [4.78, 5) is 26.5. The van der Waals surface area contributed by atoms with Gasteiger partial charge in [-0.2, -0.15) is 0 Å². The first kappa shape index (κ1) is 22.4. The molecule has 6 nitrogen and oxygen atoms in total. The molecule has 0 radical (unpaired) electrons. The van der Waals surface area contributed by atoms with Gasteiger partial charge in [-0.15, -0.1) is 0 Å². The van der Waals surface area contributed by atoms with Crippen molar-refractivity contribution < 1.29 is 9.18 Å². The van der Waals surface area contributed by atoms with Crippen molar-refractivity contribution in [3.05, 3.63) is 113 Å². The van der Waals surface area contributed by atoms with Crippen molar-refractivity contribution in [1.82, 2.24) is 20.3 Å². The summed E-state index contributed by atoms with van der Waals surface area (Å²) in [6, 6.07) is 22.3. The highest BCUT2D eigenvalue weighted by atomic mass is 35.5. The van der Waals surface area contributed by atoms with E-state index in [1.165, 1.54) is 12.1 Å². The molecular formula is C27H19ClFN5O. The van der Waals surface area contributed by atoms with Crippen molar-refractivity contribution in [3.8, 4) is 11.4 Å². The number of amides is 1. The van der Waals surface area contributed by atoms with Crippen LogP contribution in [0.25, 0.3) is 22.3 Å². The van der Waals surface area contributed by atoms with Crippen molar-refractivity contribution in [3.63, 3.8) is 0 Å². The van der Waals surface area contributed by atoms with Gasteiger partial charge in [-0.1, -0.05) is 35.9 Å². The molecule has 2 heterocycles. The van der Waals surface area contributed by atoms with Gasteiger partial charge in [-0.25, -0.2) is 14.4 Å². The number of carbonyl (C=O) groups is 1. The van der Waals surface area contributed by atoms with Crippen LogP contribution >= 0.6 is 11.6 Å². The maximum atomic E-state index is 13.5. The van der Waals surface area contributed by atoms with Crippen molar-refractivity contribution in [1.29, 1.82) is 0 Å². The standard InChI is InChI=1S/C27H19ClFN5O/c28-19-10-11-21-24(14-19)33-25(18-6-4-12-30-16-18)34-26(21)32-23-9-2-1-8-22(23)27(35)31-15-17-5-3-7-20(29)13-17/h1-14,16H,15H2,(H,31,35)(H,32,33,34). The number of pyridine rings is 1. The number of carbonyl (C=O) groups excluding carboxylic acids is 1. The van der Waals surface area contributed by atoms with Crippen LogP contribution in [0.4, 0.5) is 15.9 Å². The Morgan fingerprint density at radius 3 is 2.66 bits per heavy atom. The third-order valence-electron chi connectivity index (χ3n) is 5.35. The lowest BCUT2D eigenvalue weighted by atomic mass is 10.1. The fourth-order valence-corrected chi connectivity index (χ4v) is 3.83. The van der Waals surface area contributed by atoms with Crippen LogP contribution in [0.5, 0.6) is 0 Å². The molecule has 0 aliphatic heterocycles. The van der Waals surface area contributed by atoms with Gasteiger partial charge in [-0.05, 0) is 60.2 Å². The third kappa shape index (κ3) is 5.10. The lowest BCUT2D eigenvalue weighted by Gasteiger charge is -2.14. The van der Waals surface area contributed by atoms with Crippen LogP contribution in [-0.4, -0.2) is 20.9 Å². The smallest absolute Gasteiger partial charge is 0.253 e. The zero-order valence-corrected chi connectivity index (χ0v) is 19.1. The average Bonchev–Trinajstić information content (AvgIpc) is 2.88. The second-order valence-electron chi connectivity index (χ2n) is 7.78. The molecule has 1 amide bonds. The van der Waals surface area contributed by atoms with Crippen LogP contribution in [0.1, 0.15) is 15.9 Å². The molecule has 2 aromatic heterocycles. The first-order valence-corrected chi connectivity index (χ1v) is 11.2. The van der Waals surface area contributed by atoms with Crippen molar-refractivity contribution in [2.45, 2.75) is 6.54 Å². The molecular weight excluding hydrogens is 465 g/mol. The maximum Gasteiger partial charge on any atom is 0.253 e. The van der Waals surface area contributed by atoms with Gasteiger partial charge in [0.15, 0.2) is 5.82 Å². The first-order valence-electron chi connectivity index (χ1n) is 10.8. The Morgan fingerprint density at radius 1 is 0.943 bits per heavy atom. The third-order valence-corrected chi connectivity index (χ3v) is 5.58. The van der Waals surface area contributed by atoms with Gasteiger partial charge in [0.1, 0.15) is 11.6 Å². The molecule has 8 heteroatoms. The highest BCUT2D eigenvalue weighted by Gasteiger charge is 2.15. The van der Waals surface area contributed by atoms with E-state index in [9.17, 15) is 9.18 Å².